The van der Waals surface area contributed by atoms with Gasteiger partial charge in [0.25, 0.3) is 0 Å². The van der Waals surface area contributed by atoms with Gasteiger partial charge in [-0.25, -0.2) is 4.98 Å². The van der Waals surface area contributed by atoms with Crippen LogP contribution in [0.15, 0.2) is 65.4 Å². The number of thiophene rings is 1. The second-order valence-corrected chi connectivity index (χ2v) is 8.58. The number of benzene rings is 2. The average Bonchev–Trinajstić information content (AvgIpc) is 3.27. The highest BCUT2D eigenvalue weighted by atomic mass is 32.1. The largest absolute Gasteiger partial charge is 0.340 e. The maximum absolute atomic E-state index is 12.3. The summed E-state index contributed by atoms with van der Waals surface area (Å²) in [6, 6.07) is 18.2. The van der Waals surface area contributed by atoms with E-state index in [1.54, 1.807) is 11.3 Å². The average molecular weight is 430 g/mol. The molecule has 31 heavy (non-hydrogen) atoms. The minimum absolute atomic E-state index is 0.210. The van der Waals surface area contributed by atoms with Gasteiger partial charge in [-0.15, -0.1) is 0 Å². The summed E-state index contributed by atoms with van der Waals surface area (Å²) >= 11 is 1.65. The van der Waals surface area contributed by atoms with Gasteiger partial charge >= 0.3 is 0 Å². The molecule has 0 saturated carbocycles. The predicted molar refractivity (Wildman–Crippen MR) is 132 cm³/mol. The Balaban J connectivity index is 1.57. The first-order valence-corrected chi connectivity index (χ1v) is 11.7. The molecule has 2 heterocycles. The van der Waals surface area contributed by atoms with Gasteiger partial charge in [0.15, 0.2) is 5.78 Å². The minimum atomic E-state index is 0.210. The Labute approximate surface area is 187 Å². The smallest absolute Gasteiger partial charge is 0.162 e. The van der Waals surface area contributed by atoms with Crippen molar-refractivity contribution in [2.45, 2.75) is 39.5 Å². The summed E-state index contributed by atoms with van der Waals surface area (Å²) in [5.74, 6) is 1.79. The van der Waals surface area contributed by atoms with E-state index in [9.17, 15) is 4.79 Å². The van der Waals surface area contributed by atoms with E-state index in [0.717, 1.165) is 58.6 Å². The molecule has 0 bridgehead atoms. The van der Waals surface area contributed by atoms with Crippen LogP contribution in [0, 0.1) is 6.92 Å². The quantitative estimate of drug-likeness (QED) is 0.210. The first-order valence-electron chi connectivity index (χ1n) is 10.7. The van der Waals surface area contributed by atoms with Crippen molar-refractivity contribution >= 4 is 50.9 Å². The number of fused-ring (bicyclic) bond motifs is 1. The summed E-state index contributed by atoms with van der Waals surface area (Å²) in [4.78, 5) is 17.1. The number of unbranched alkanes of at least 4 members (excludes halogenated alkanes) is 2. The van der Waals surface area contributed by atoms with Gasteiger partial charge < -0.3 is 10.6 Å². The third-order valence-electron chi connectivity index (χ3n) is 5.26. The number of rotatable bonds is 9. The number of anilines is 4. The van der Waals surface area contributed by atoms with Gasteiger partial charge in [-0.1, -0.05) is 43.5 Å². The van der Waals surface area contributed by atoms with Gasteiger partial charge in [0.2, 0.25) is 0 Å². The van der Waals surface area contributed by atoms with Crippen LogP contribution in [0.25, 0.3) is 10.8 Å². The number of nitrogens with one attached hydrogen (secondary N) is 2. The Kier molecular flexibility index (Phi) is 6.63. The lowest BCUT2D eigenvalue weighted by molar-refractivity contribution is 0.0979. The summed E-state index contributed by atoms with van der Waals surface area (Å²) in [7, 11) is 0. The van der Waals surface area contributed by atoms with Crippen LogP contribution < -0.4 is 10.6 Å². The predicted octanol–water partition coefficient (Wildman–Crippen LogP) is 7.85. The molecule has 0 amide bonds. The fourth-order valence-electron chi connectivity index (χ4n) is 3.58. The van der Waals surface area contributed by atoms with Gasteiger partial charge in [0, 0.05) is 28.4 Å². The van der Waals surface area contributed by atoms with Crippen LogP contribution in [0.5, 0.6) is 0 Å². The normalized spacial score (nSPS) is 10.9. The molecule has 4 nitrogen and oxygen atoms in total. The highest BCUT2D eigenvalue weighted by Crippen LogP contribution is 2.30. The summed E-state index contributed by atoms with van der Waals surface area (Å²) in [5.41, 5.74) is 3.91. The lowest BCUT2D eigenvalue weighted by Crippen LogP contribution is -2.01. The highest BCUT2D eigenvalue weighted by molar-refractivity contribution is 7.08. The van der Waals surface area contributed by atoms with Crippen molar-refractivity contribution < 1.29 is 4.79 Å². The molecule has 0 aliphatic carbocycles. The third-order valence-corrected chi connectivity index (χ3v) is 5.94. The molecule has 0 aliphatic rings. The van der Waals surface area contributed by atoms with Crippen LogP contribution >= 0.6 is 11.3 Å². The van der Waals surface area contributed by atoms with Crippen LogP contribution in [-0.2, 0) is 0 Å². The number of carbonyl (C=O) groups excluding carboxylic acids is 1. The minimum Gasteiger partial charge on any atom is -0.340 e. The fourth-order valence-corrected chi connectivity index (χ4v) is 4.16. The van der Waals surface area contributed by atoms with Crippen molar-refractivity contribution in [3.8, 4) is 0 Å². The molecule has 5 heteroatoms. The second kappa shape index (κ2) is 9.75. The Morgan fingerprint density at radius 3 is 2.55 bits per heavy atom. The van der Waals surface area contributed by atoms with Crippen molar-refractivity contribution in [2.75, 3.05) is 10.6 Å². The molecule has 0 saturated heterocycles. The lowest BCUT2D eigenvalue weighted by atomic mass is 10.0. The van der Waals surface area contributed by atoms with E-state index >= 15 is 0 Å². The van der Waals surface area contributed by atoms with E-state index in [0.29, 0.717) is 6.42 Å². The zero-order valence-corrected chi connectivity index (χ0v) is 18.8. The zero-order chi connectivity index (χ0) is 21.6. The van der Waals surface area contributed by atoms with Crippen LogP contribution in [0.2, 0.25) is 0 Å². The Morgan fingerprint density at radius 2 is 1.81 bits per heavy atom. The molecule has 0 aliphatic heterocycles. The molecule has 2 aromatic heterocycles. The first-order chi connectivity index (χ1) is 15.1. The van der Waals surface area contributed by atoms with E-state index in [-0.39, 0.29) is 5.78 Å². The monoisotopic (exact) mass is 429 g/mol. The van der Waals surface area contributed by atoms with Gasteiger partial charge in [-0.05, 0) is 60.5 Å². The summed E-state index contributed by atoms with van der Waals surface area (Å²) in [6.45, 7) is 4.24. The van der Waals surface area contributed by atoms with E-state index in [2.05, 4.69) is 54.1 Å². The maximum atomic E-state index is 12.3. The molecule has 2 N–H and O–H groups in total. The number of ketones is 1. The molecule has 4 rings (SSSR count). The Hall–Kier alpha value is -3.18. The number of aromatic nitrogens is 1. The molecule has 2 aromatic carbocycles. The molecule has 0 radical (unpaired) electrons. The van der Waals surface area contributed by atoms with E-state index < -0.39 is 0 Å². The van der Waals surface area contributed by atoms with Gasteiger partial charge in [-0.3, -0.25) is 4.79 Å². The summed E-state index contributed by atoms with van der Waals surface area (Å²) in [5, 5.41) is 13.1. The van der Waals surface area contributed by atoms with Gasteiger partial charge in [0.1, 0.15) is 11.6 Å². The SMILES string of the molecule is CCCCCC(=O)c1ccc(Nc2cc3cc(C)ccc3c(Nc3ccsc3)n2)cc1. The molecule has 0 atom stereocenters. The molecule has 0 fully saturated rings. The van der Waals surface area contributed by atoms with Crippen LogP contribution in [0.1, 0.15) is 48.5 Å². The number of aryl methyl sites for hydroxylation is 1. The standard InChI is InChI=1S/C26H27N3OS/c1-3-4-5-6-24(30)19-8-10-21(11-9-19)27-25-16-20-15-18(2)7-12-23(20)26(29-25)28-22-13-14-31-17-22/h7-17H,3-6H2,1-2H3,(H2,27,28,29). The molecular formula is C26H27N3OS. The zero-order valence-electron chi connectivity index (χ0n) is 17.9. The number of carbonyl (C=O) groups is 1. The third kappa shape index (κ3) is 5.30. The Bertz CT molecular complexity index is 1170. The molecule has 0 unspecified atom stereocenters. The molecule has 0 spiro atoms. The van der Waals surface area contributed by atoms with Crippen molar-refractivity contribution in [3.63, 3.8) is 0 Å². The number of hydrogen-bond acceptors (Lipinski definition) is 5. The summed E-state index contributed by atoms with van der Waals surface area (Å²) < 4.78 is 0. The van der Waals surface area contributed by atoms with E-state index in [1.165, 1.54) is 5.56 Å². The number of nitrogens with zero attached hydrogens (tertiary/aromatic N) is 1. The molecule has 158 valence electrons. The highest BCUT2D eigenvalue weighted by Gasteiger charge is 2.09. The van der Waals surface area contributed by atoms with Gasteiger partial charge in [-0.2, -0.15) is 11.3 Å². The second-order valence-electron chi connectivity index (χ2n) is 7.80. The number of Topliss-reactive ketones (excluding diaryl/α,β-unsaturated/α-hetero) is 1. The van der Waals surface area contributed by atoms with Gasteiger partial charge in [0.05, 0.1) is 5.69 Å². The number of hydrogen-bond donors (Lipinski definition) is 2. The summed E-state index contributed by atoms with van der Waals surface area (Å²) in [6.07, 6.45) is 3.79. The molecule has 4 aromatic rings. The number of pyridine rings is 1. The van der Waals surface area contributed by atoms with Crippen LogP contribution in [-0.4, -0.2) is 10.8 Å². The fraction of sp³-hybridized carbons (Fsp3) is 0.231. The van der Waals surface area contributed by atoms with Crippen molar-refractivity contribution in [1.82, 2.24) is 4.98 Å². The lowest BCUT2D eigenvalue weighted by Gasteiger charge is -2.13. The molecular weight excluding hydrogens is 402 g/mol. The topological polar surface area (TPSA) is 54.0 Å². The van der Waals surface area contributed by atoms with E-state index in [4.69, 9.17) is 4.98 Å². The van der Waals surface area contributed by atoms with Crippen molar-refractivity contribution in [1.29, 1.82) is 0 Å². The first kappa shape index (κ1) is 21.1. The Morgan fingerprint density at radius 1 is 0.968 bits per heavy atom. The maximum Gasteiger partial charge on any atom is 0.162 e. The van der Waals surface area contributed by atoms with Crippen molar-refractivity contribution in [3.05, 3.63) is 76.5 Å². The van der Waals surface area contributed by atoms with Crippen LogP contribution in [0.3, 0.4) is 0 Å². The van der Waals surface area contributed by atoms with Crippen LogP contribution in [0.4, 0.5) is 23.0 Å². The van der Waals surface area contributed by atoms with Crippen molar-refractivity contribution in [2.24, 2.45) is 0 Å². The van der Waals surface area contributed by atoms with E-state index in [1.807, 2.05) is 35.7 Å².